The van der Waals surface area contributed by atoms with E-state index in [4.69, 9.17) is 5.14 Å². The third kappa shape index (κ3) is 2.42. The van der Waals surface area contributed by atoms with Gasteiger partial charge in [-0.3, -0.25) is 4.79 Å². The van der Waals surface area contributed by atoms with Crippen molar-refractivity contribution in [2.45, 2.75) is 40.5 Å². The third-order valence-electron chi connectivity index (χ3n) is 4.77. The Morgan fingerprint density at radius 3 is 2.20 bits per heavy atom. The molecular weight excluding hydrogens is 276 g/mol. The summed E-state index contributed by atoms with van der Waals surface area (Å²) in [5.41, 5.74) is -0.484. The molecule has 0 bridgehead atoms. The van der Waals surface area contributed by atoms with Crippen LogP contribution in [0.5, 0.6) is 0 Å². The Bertz CT molecular complexity index is 608. The lowest BCUT2D eigenvalue weighted by Gasteiger charge is -2.46. The van der Waals surface area contributed by atoms with Crippen molar-refractivity contribution in [3.8, 4) is 0 Å². The predicted octanol–water partition coefficient (Wildman–Crippen LogP) is 1.63. The van der Waals surface area contributed by atoms with Crippen LogP contribution in [0.25, 0.3) is 0 Å². The standard InChI is InChI=1S/C14H22N2O3S/c1-13(2)10(16-12(17)9-5-6-9)7-8-11(14(13,3)4)20(15,18)19/h7-9H,5-6H2,1-4H3,(H,16,17)(H2,15,18,19). The molecule has 0 atom stereocenters. The normalized spacial score (nSPS) is 24.6. The summed E-state index contributed by atoms with van der Waals surface area (Å²) in [6.45, 7) is 7.51. The Balaban J connectivity index is 2.40. The van der Waals surface area contributed by atoms with Crippen molar-refractivity contribution in [3.05, 3.63) is 22.8 Å². The zero-order chi connectivity index (χ0) is 15.3. The van der Waals surface area contributed by atoms with Crippen LogP contribution in [0.3, 0.4) is 0 Å². The van der Waals surface area contributed by atoms with Gasteiger partial charge in [-0.1, -0.05) is 27.7 Å². The van der Waals surface area contributed by atoms with Crippen LogP contribution >= 0.6 is 0 Å². The fourth-order valence-electron chi connectivity index (χ4n) is 2.45. The fourth-order valence-corrected chi connectivity index (χ4v) is 3.67. The highest BCUT2D eigenvalue weighted by Crippen LogP contribution is 2.51. The Hall–Kier alpha value is -1.14. The second-order valence-electron chi connectivity index (χ2n) is 6.67. The molecule has 1 saturated carbocycles. The Morgan fingerprint density at radius 2 is 1.75 bits per heavy atom. The summed E-state index contributed by atoms with van der Waals surface area (Å²) in [5.74, 6) is 0.131. The topological polar surface area (TPSA) is 89.3 Å². The summed E-state index contributed by atoms with van der Waals surface area (Å²) in [6.07, 6.45) is 5.02. The van der Waals surface area contributed by atoms with E-state index in [0.29, 0.717) is 0 Å². The van der Waals surface area contributed by atoms with Gasteiger partial charge in [-0.05, 0) is 25.0 Å². The van der Waals surface area contributed by atoms with E-state index in [-0.39, 0.29) is 16.7 Å². The zero-order valence-electron chi connectivity index (χ0n) is 12.4. The molecule has 0 radical (unpaired) electrons. The molecule has 1 amide bonds. The number of carbonyl (C=O) groups is 1. The predicted molar refractivity (Wildman–Crippen MR) is 77.7 cm³/mol. The van der Waals surface area contributed by atoms with Gasteiger partial charge in [0.05, 0.1) is 4.91 Å². The van der Waals surface area contributed by atoms with Crippen LogP contribution in [0.1, 0.15) is 40.5 Å². The van der Waals surface area contributed by atoms with E-state index in [1.807, 2.05) is 27.7 Å². The smallest absolute Gasteiger partial charge is 0.234 e. The van der Waals surface area contributed by atoms with Crippen molar-refractivity contribution >= 4 is 15.9 Å². The first-order chi connectivity index (χ1) is 8.98. The molecule has 0 heterocycles. The van der Waals surface area contributed by atoms with E-state index < -0.39 is 20.9 Å². The van der Waals surface area contributed by atoms with Gasteiger partial charge in [0.1, 0.15) is 0 Å². The van der Waals surface area contributed by atoms with Crippen LogP contribution in [-0.4, -0.2) is 14.3 Å². The molecule has 0 spiro atoms. The average Bonchev–Trinajstić information content (AvgIpc) is 3.06. The number of hydrogen-bond acceptors (Lipinski definition) is 3. The zero-order valence-corrected chi connectivity index (χ0v) is 13.2. The monoisotopic (exact) mass is 298 g/mol. The first-order valence-corrected chi connectivity index (χ1v) is 8.29. The van der Waals surface area contributed by atoms with Crippen LogP contribution in [0.15, 0.2) is 22.8 Å². The van der Waals surface area contributed by atoms with Gasteiger partial charge in [-0.15, -0.1) is 0 Å². The molecule has 0 unspecified atom stereocenters. The molecular formula is C14H22N2O3S. The first kappa shape index (κ1) is 15.3. The lowest BCUT2D eigenvalue weighted by Crippen LogP contribution is -2.46. The molecule has 0 saturated heterocycles. The summed E-state index contributed by atoms with van der Waals surface area (Å²) in [6, 6.07) is 0. The maximum absolute atomic E-state index is 11.9. The molecule has 0 aromatic rings. The molecule has 2 rings (SSSR count). The summed E-state index contributed by atoms with van der Waals surface area (Å²) >= 11 is 0. The SMILES string of the molecule is CC1(C)C(NC(=O)C2CC2)=CC=C(S(N)(=O)=O)C1(C)C. The number of primary sulfonamides is 1. The highest BCUT2D eigenvalue weighted by molar-refractivity contribution is 7.93. The Morgan fingerprint density at radius 1 is 1.20 bits per heavy atom. The molecule has 0 aromatic heterocycles. The van der Waals surface area contributed by atoms with Gasteiger partial charge in [0.25, 0.3) is 0 Å². The molecule has 20 heavy (non-hydrogen) atoms. The van der Waals surface area contributed by atoms with Gasteiger partial charge in [-0.2, -0.15) is 0 Å². The molecule has 5 nitrogen and oxygen atoms in total. The number of nitrogens with two attached hydrogens (primary N) is 1. The summed E-state index contributed by atoms with van der Waals surface area (Å²) in [7, 11) is -3.76. The lowest BCUT2D eigenvalue weighted by atomic mass is 9.63. The van der Waals surface area contributed by atoms with Gasteiger partial charge in [0.15, 0.2) is 0 Å². The van der Waals surface area contributed by atoms with E-state index in [0.717, 1.165) is 18.5 Å². The number of nitrogens with one attached hydrogen (secondary N) is 1. The number of hydrogen-bond donors (Lipinski definition) is 2. The van der Waals surface area contributed by atoms with Gasteiger partial charge in [0.2, 0.25) is 15.9 Å². The first-order valence-electron chi connectivity index (χ1n) is 6.74. The summed E-state index contributed by atoms with van der Waals surface area (Å²) < 4.78 is 23.5. The Kier molecular flexibility index (Phi) is 3.38. The maximum atomic E-state index is 11.9. The van der Waals surface area contributed by atoms with E-state index >= 15 is 0 Å². The lowest BCUT2D eigenvalue weighted by molar-refractivity contribution is -0.122. The molecule has 2 aliphatic rings. The van der Waals surface area contributed by atoms with Crippen molar-refractivity contribution in [2.75, 3.05) is 0 Å². The van der Waals surface area contributed by atoms with Crippen molar-refractivity contribution in [1.29, 1.82) is 0 Å². The molecule has 0 aliphatic heterocycles. The van der Waals surface area contributed by atoms with E-state index in [1.54, 1.807) is 6.08 Å². The number of rotatable bonds is 3. The van der Waals surface area contributed by atoms with Crippen LogP contribution in [0.2, 0.25) is 0 Å². The van der Waals surface area contributed by atoms with Gasteiger partial charge in [0, 0.05) is 22.4 Å². The van der Waals surface area contributed by atoms with E-state index in [9.17, 15) is 13.2 Å². The van der Waals surface area contributed by atoms with Gasteiger partial charge >= 0.3 is 0 Å². The quantitative estimate of drug-likeness (QED) is 0.830. The average molecular weight is 298 g/mol. The van der Waals surface area contributed by atoms with Crippen molar-refractivity contribution < 1.29 is 13.2 Å². The van der Waals surface area contributed by atoms with Crippen molar-refractivity contribution in [1.82, 2.24) is 5.32 Å². The fraction of sp³-hybridized carbons (Fsp3) is 0.643. The Labute approximate surface area is 120 Å². The number of sulfonamides is 1. The second-order valence-corrected chi connectivity index (χ2v) is 8.20. The molecule has 3 N–H and O–H groups in total. The van der Waals surface area contributed by atoms with E-state index in [2.05, 4.69) is 5.32 Å². The van der Waals surface area contributed by atoms with Crippen molar-refractivity contribution in [2.24, 2.45) is 21.9 Å². The molecule has 2 aliphatic carbocycles. The minimum absolute atomic E-state index is 0.0209. The second kappa shape index (κ2) is 4.43. The minimum atomic E-state index is -3.76. The summed E-state index contributed by atoms with van der Waals surface area (Å²) in [5, 5.41) is 8.24. The van der Waals surface area contributed by atoms with Crippen LogP contribution < -0.4 is 10.5 Å². The minimum Gasteiger partial charge on any atom is -0.329 e. The number of amides is 1. The number of allylic oxidation sites excluding steroid dienone is 4. The summed E-state index contributed by atoms with van der Waals surface area (Å²) in [4.78, 5) is 12.1. The third-order valence-corrected chi connectivity index (χ3v) is 6.03. The maximum Gasteiger partial charge on any atom is 0.234 e. The van der Waals surface area contributed by atoms with Crippen molar-refractivity contribution in [3.63, 3.8) is 0 Å². The largest absolute Gasteiger partial charge is 0.329 e. The highest BCUT2D eigenvalue weighted by Gasteiger charge is 2.48. The molecule has 0 aromatic carbocycles. The molecule has 1 fully saturated rings. The molecule has 6 heteroatoms. The van der Waals surface area contributed by atoms with Crippen LogP contribution in [-0.2, 0) is 14.8 Å². The highest BCUT2D eigenvalue weighted by atomic mass is 32.2. The van der Waals surface area contributed by atoms with E-state index in [1.165, 1.54) is 6.08 Å². The molecule has 112 valence electrons. The van der Waals surface area contributed by atoms with Crippen LogP contribution in [0, 0.1) is 16.7 Å². The van der Waals surface area contributed by atoms with Crippen LogP contribution in [0.4, 0.5) is 0 Å². The number of carbonyl (C=O) groups excluding carboxylic acids is 1. The van der Waals surface area contributed by atoms with Gasteiger partial charge in [-0.25, -0.2) is 13.6 Å². The van der Waals surface area contributed by atoms with Gasteiger partial charge < -0.3 is 5.32 Å².